The number of nitrogens with zero attached hydrogens (tertiary/aromatic N) is 1. The molecule has 1 nitrogen and oxygen atoms in total. The number of fused-ring (bicyclic) bond motifs is 7. The highest BCUT2D eigenvalue weighted by Crippen LogP contribution is 2.62. The van der Waals surface area contributed by atoms with Gasteiger partial charge in [-0.2, -0.15) is 0 Å². The van der Waals surface area contributed by atoms with Crippen LogP contribution in [0.1, 0.15) is 225 Å². The van der Waals surface area contributed by atoms with E-state index in [0.717, 1.165) is 113 Å². The maximum absolute atomic E-state index is 3.46. The summed E-state index contributed by atoms with van der Waals surface area (Å²) in [5.74, 6) is 17.8. The Balaban J connectivity index is 0.807. The van der Waals surface area contributed by atoms with Crippen molar-refractivity contribution in [2.45, 2.75) is 243 Å². The van der Waals surface area contributed by atoms with E-state index in [9.17, 15) is 0 Å². The van der Waals surface area contributed by atoms with Crippen LogP contribution in [0.2, 0.25) is 0 Å². The van der Waals surface area contributed by atoms with E-state index in [2.05, 4.69) is 4.90 Å². The van der Waals surface area contributed by atoms with E-state index in [1.165, 1.54) is 6.42 Å². The second-order valence-electron chi connectivity index (χ2n) is 24.3. The van der Waals surface area contributed by atoms with Crippen molar-refractivity contribution in [2.75, 3.05) is 0 Å². The lowest BCUT2D eigenvalue weighted by Gasteiger charge is -2.55. The molecule has 0 N–H and O–H groups in total. The van der Waals surface area contributed by atoms with Gasteiger partial charge in [0.05, 0.1) is 0 Å². The summed E-state index contributed by atoms with van der Waals surface area (Å²) < 4.78 is 0. The van der Waals surface area contributed by atoms with Gasteiger partial charge >= 0.3 is 0 Å². The van der Waals surface area contributed by atoms with E-state index in [1.54, 1.807) is 218 Å². The van der Waals surface area contributed by atoms with Crippen molar-refractivity contribution < 1.29 is 0 Å². The first-order chi connectivity index (χ1) is 27.2. The summed E-state index contributed by atoms with van der Waals surface area (Å²) in [6, 6.07) is 2.80. The summed E-state index contributed by atoms with van der Waals surface area (Å²) in [4.78, 5) is 3.46. The summed E-state index contributed by atoms with van der Waals surface area (Å²) >= 11 is 0. The molecule has 13 atom stereocenters. The summed E-state index contributed by atoms with van der Waals surface area (Å²) in [5.41, 5.74) is 0. The van der Waals surface area contributed by atoms with Crippen LogP contribution in [-0.4, -0.2) is 23.0 Å². The molecule has 11 aliphatic rings. The van der Waals surface area contributed by atoms with Crippen LogP contribution in [0.15, 0.2) is 0 Å². The minimum absolute atomic E-state index is 0.930. The van der Waals surface area contributed by atoms with Gasteiger partial charge in [-0.25, -0.2) is 0 Å². The van der Waals surface area contributed by atoms with Crippen LogP contribution in [0.25, 0.3) is 0 Å². The third-order valence-electron chi connectivity index (χ3n) is 22.3. The fourth-order valence-corrected chi connectivity index (χ4v) is 20.2. The van der Waals surface area contributed by atoms with Gasteiger partial charge in [0.1, 0.15) is 0 Å². The van der Waals surface area contributed by atoms with Gasteiger partial charge in [0.2, 0.25) is 0 Å². The number of hydrogen-bond acceptors (Lipinski definition) is 1. The molecule has 0 heterocycles. The molecule has 0 aromatic rings. The molecule has 13 unspecified atom stereocenters. The normalized spacial score (nSPS) is 52.1. The van der Waals surface area contributed by atoms with Gasteiger partial charge < -0.3 is 0 Å². The predicted molar refractivity (Wildman–Crippen MR) is 231 cm³/mol. The maximum atomic E-state index is 3.46. The maximum Gasteiger partial charge on any atom is 0.0104 e. The first kappa shape index (κ1) is 37.9. The van der Waals surface area contributed by atoms with Gasteiger partial charge in [0, 0.05) is 18.1 Å². The molecule has 0 aliphatic heterocycles. The van der Waals surface area contributed by atoms with Crippen molar-refractivity contribution in [3.63, 3.8) is 0 Å². The average molecular weight is 752 g/mol. The zero-order valence-corrected chi connectivity index (χ0v) is 36.2. The van der Waals surface area contributed by atoms with Gasteiger partial charge in [-0.15, -0.1) is 0 Å². The average Bonchev–Trinajstić information content (AvgIpc) is 3.86. The van der Waals surface area contributed by atoms with Crippen LogP contribution in [0.5, 0.6) is 0 Å². The van der Waals surface area contributed by atoms with Crippen LogP contribution in [0, 0.1) is 94.7 Å². The van der Waals surface area contributed by atoms with Gasteiger partial charge in [-0.3, -0.25) is 4.90 Å². The summed E-state index contributed by atoms with van der Waals surface area (Å²) in [7, 11) is 0. The Morgan fingerprint density at radius 1 is 0.200 bits per heavy atom. The molecule has 0 aromatic heterocycles. The summed E-state index contributed by atoms with van der Waals surface area (Å²) in [6.07, 6.45) is 55.7. The first-order valence-electron chi connectivity index (χ1n) is 27.0. The molecular weight excluding hydrogens is 663 g/mol. The second-order valence-corrected chi connectivity index (χ2v) is 24.3. The van der Waals surface area contributed by atoms with Crippen LogP contribution in [0.4, 0.5) is 0 Å². The fourth-order valence-electron chi connectivity index (χ4n) is 20.2. The predicted octanol–water partition coefficient (Wildman–Crippen LogP) is 15.1. The molecule has 0 spiro atoms. The zero-order chi connectivity index (χ0) is 36.3. The first-order valence-corrected chi connectivity index (χ1v) is 27.0. The van der Waals surface area contributed by atoms with Crippen molar-refractivity contribution in [1.29, 1.82) is 0 Å². The molecule has 11 saturated carbocycles. The van der Waals surface area contributed by atoms with Gasteiger partial charge in [-0.1, -0.05) is 103 Å². The van der Waals surface area contributed by atoms with Crippen molar-refractivity contribution in [1.82, 2.24) is 4.90 Å². The molecule has 0 radical (unpaired) electrons. The largest absolute Gasteiger partial charge is 0.294 e. The quantitative estimate of drug-likeness (QED) is 0.261. The highest BCUT2D eigenvalue weighted by molar-refractivity contribution is 5.06. The fraction of sp³-hybridized carbons (Fsp3) is 1.00. The van der Waals surface area contributed by atoms with E-state index < -0.39 is 0 Å². The molecule has 55 heavy (non-hydrogen) atoms. The van der Waals surface area contributed by atoms with Crippen molar-refractivity contribution in [2.24, 2.45) is 94.7 Å². The highest BCUT2D eigenvalue weighted by atomic mass is 15.2. The molecule has 0 saturated heterocycles. The lowest BCUT2D eigenvalue weighted by molar-refractivity contribution is -0.0570. The van der Waals surface area contributed by atoms with E-state index in [1.807, 2.05) is 0 Å². The molecule has 0 amide bonds. The number of rotatable bonds is 6. The third-order valence-corrected chi connectivity index (χ3v) is 22.3. The van der Waals surface area contributed by atoms with Gasteiger partial charge in [-0.05, 0) is 217 Å². The Hall–Kier alpha value is -0.0400. The van der Waals surface area contributed by atoms with Crippen LogP contribution < -0.4 is 0 Å². The Labute approximate surface area is 341 Å². The smallest absolute Gasteiger partial charge is 0.0104 e. The van der Waals surface area contributed by atoms with Crippen LogP contribution in [-0.2, 0) is 0 Å². The Morgan fingerprint density at radius 2 is 0.655 bits per heavy atom. The Morgan fingerprint density at radius 3 is 1.36 bits per heavy atom. The third kappa shape index (κ3) is 7.44. The lowest BCUT2D eigenvalue weighted by atomic mass is 9.51. The molecule has 310 valence electrons. The van der Waals surface area contributed by atoms with Crippen molar-refractivity contribution in [3.8, 4) is 0 Å². The van der Waals surface area contributed by atoms with E-state index >= 15 is 0 Å². The topological polar surface area (TPSA) is 3.24 Å². The Bertz CT molecular complexity index is 1220. The van der Waals surface area contributed by atoms with Crippen molar-refractivity contribution in [3.05, 3.63) is 0 Å². The van der Waals surface area contributed by atoms with E-state index in [0.29, 0.717) is 0 Å². The van der Waals surface area contributed by atoms with Crippen LogP contribution in [0.3, 0.4) is 0 Å². The summed E-state index contributed by atoms with van der Waals surface area (Å²) in [5, 5.41) is 0. The molecule has 0 aromatic carbocycles. The molecule has 0 bridgehead atoms. The molecular formula is C54H89N. The Kier molecular flexibility index (Phi) is 11.6. The SMILES string of the molecule is C1CCC(C2CCC(N(C3CCC(C4CC5CCCCC5C5CCCCC45)CC3)C3CCC4CC5CCCC(C6CC7CCCCC7C6)C5C4C3)CC2)CC1. The molecule has 11 rings (SSSR count). The monoisotopic (exact) mass is 752 g/mol. The van der Waals surface area contributed by atoms with Gasteiger partial charge in [0.15, 0.2) is 0 Å². The standard InChI is InChI=1S/C54H89N/c1-2-11-36(12-3-1)37-21-26-45(27-22-37)55(46-28-23-38(24-29-46)52-34-41-15-6-7-17-48(41)50-18-8-9-19-51(50)52)47-30-25-42-33-43-16-10-20-49(54(43)53(42)35-47)44-31-39-13-4-5-14-40(39)32-44/h36-54H,1-35H2. The summed E-state index contributed by atoms with van der Waals surface area (Å²) in [6.45, 7) is 0. The highest BCUT2D eigenvalue weighted by Gasteiger charge is 2.55. The number of hydrogen-bond donors (Lipinski definition) is 0. The van der Waals surface area contributed by atoms with E-state index in [4.69, 9.17) is 0 Å². The molecule has 11 aliphatic carbocycles. The van der Waals surface area contributed by atoms with Crippen LogP contribution >= 0.6 is 0 Å². The molecule has 11 fully saturated rings. The van der Waals surface area contributed by atoms with E-state index in [-0.39, 0.29) is 0 Å². The lowest BCUT2D eigenvalue weighted by Crippen LogP contribution is -2.54. The molecule has 1 heteroatoms. The zero-order valence-electron chi connectivity index (χ0n) is 36.2. The van der Waals surface area contributed by atoms with Crippen molar-refractivity contribution >= 4 is 0 Å². The minimum Gasteiger partial charge on any atom is -0.294 e. The second kappa shape index (κ2) is 16.8. The van der Waals surface area contributed by atoms with Gasteiger partial charge in [0.25, 0.3) is 0 Å². The minimum atomic E-state index is 0.930.